The van der Waals surface area contributed by atoms with Gasteiger partial charge in [0.2, 0.25) is 0 Å². The molecule has 2 N–H and O–H groups in total. The molecule has 1 aliphatic rings. The summed E-state index contributed by atoms with van der Waals surface area (Å²) in [6.07, 6.45) is 0.916. The zero-order valence-corrected chi connectivity index (χ0v) is 11.9. The van der Waals surface area contributed by atoms with Crippen molar-refractivity contribution in [2.24, 2.45) is 5.92 Å². The van der Waals surface area contributed by atoms with Crippen LogP contribution in [0, 0.1) is 5.92 Å². The van der Waals surface area contributed by atoms with Gasteiger partial charge in [-0.1, -0.05) is 0 Å². The van der Waals surface area contributed by atoms with Gasteiger partial charge in [0.05, 0.1) is 18.4 Å². The molecule has 0 spiro atoms. The first-order valence-electron chi connectivity index (χ1n) is 6.85. The predicted molar refractivity (Wildman–Crippen MR) is 71.2 cm³/mol. The molecule has 1 heterocycles. The number of carboxylic acids is 1. The number of amides is 2. The Morgan fingerprint density at radius 2 is 1.90 bits per heavy atom. The molecule has 0 aromatic heterocycles. The van der Waals surface area contributed by atoms with Crippen LogP contribution in [0.1, 0.15) is 33.1 Å². The molecule has 20 heavy (non-hydrogen) atoms. The summed E-state index contributed by atoms with van der Waals surface area (Å²) in [6.45, 7) is 4.62. The average Bonchev–Trinajstić information content (AvgIpc) is 2.37. The van der Waals surface area contributed by atoms with Crippen LogP contribution in [0.25, 0.3) is 0 Å². The van der Waals surface area contributed by atoms with Crippen molar-refractivity contribution in [2.45, 2.75) is 39.2 Å². The van der Waals surface area contributed by atoms with Gasteiger partial charge in [-0.2, -0.15) is 0 Å². The topological polar surface area (TPSA) is 95.9 Å². The number of nitrogens with zero attached hydrogens (tertiary/aromatic N) is 1. The van der Waals surface area contributed by atoms with Crippen molar-refractivity contribution in [3.8, 4) is 0 Å². The molecule has 7 nitrogen and oxygen atoms in total. The van der Waals surface area contributed by atoms with Crippen molar-refractivity contribution in [2.75, 3.05) is 19.6 Å². The highest BCUT2D eigenvalue weighted by molar-refractivity contribution is 5.76. The normalized spacial score (nSPS) is 16.1. The Balaban J connectivity index is 2.21. The van der Waals surface area contributed by atoms with Gasteiger partial charge in [0, 0.05) is 19.6 Å². The Morgan fingerprint density at radius 1 is 1.30 bits per heavy atom. The number of hydrogen-bond acceptors (Lipinski definition) is 4. The predicted octanol–water partition coefficient (Wildman–Crippen LogP) is 0.834. The quantitative estimate of drug-likeness (QED) is 0.730. The van der Waals surface area contributed by atoms with E-state index in [4.69, 9.17) is 9.84 Å². The molecule has 1 rings (SSSR count). The van der Waals surface area contributed by atoms with E-state index in [-0.39, 0.29) is 37.0 Å². The van der Waals surface area contributed by atoms with Crippen molar-refractivity contribution in [1.29, 1.82) is 0 Å². The second kappa shape index (κ2) is 7.72. The molecule has 0 saturated carbocycles. The maximum atomic E-state index is 11.8. The van der Waals surface area contributed by atoms with Gasteiger partial charge in [0.15, 0.2) is 0 Å². The summed E-state index contributed by atoms with van der Waals surface area (Å²) in [6, 6.07) is -0.258. The van der Waals surface area contributed by atoms with Crippen LogP contribution in [0.4, 0.5) is 4.79 Å². The SMILES string of the molecule is CC(C)OC(=O)CCNC(=O)N1CCC(C(=O)O)CC1. The summed E-state index contributed by atoms with van der Waals surface area (Å²) in [5.41, 5.74) is 0. The number of ether oxygens (including phenoxy) is 1. The molecule has 2 amide bonds. The van der Waals surface area contributed by atoms with Gasteiger partial charge in [0.25, 0.3) is 0 Å². The first-order chi connectivity index (χ1) is 9.40. The molecule has 0 bridgehead atoms. The van der Waals surface area contributed by atoms with E-state index in [1.54, 1.807) is 18.7 Å². The highest BCUT2D eigenvalue weighted by Gasteiger charge is 2.26. The van der Waals surface area contributed by atoms with Crippen molar-refractivity contribution in [3.05, 3.63) is 0 Å². The van der Waals surface area contributed by atoms with Gasteiger partial charge >= 0.3 is 18.0 Å². The van der Waals surface area contributed by atoms with Crippen LogP contribution in [-0.2, 0) is 14.3 Å². The molecule has 1 saturated heterocycles. The lowest BCUT2D eigenvalue weighted by atomic mass is 9.97. The van der Waals surface area contributed by atoms with Crippen LogP contribution in [-0.4, -0.2) is 53.7 Å². The highest BCUT2D eigenvalue weighted by atomic mass is 16.5. The molecule has 0 radical (unpaired) electrons. The lowest BCUT2D eigenvalue weighted by Crippen LogP contribution is -2.45. The number of hydrogen-bond donors (Lipinski definition) is 2. The van der Waals surface area contributed by atoms with Crippen LogP contribution in [0.3, 0.4) is 0 Å². The zero-order valence-electron chi connectivity index (χ0n) is 11.9. The van der Waals surface area contributed by atoms with Crippen molar-refractivity contribution in [3.63, 3.8) is 0 Å². The first-order valence-corrected chi connectivity index (χ1v) is 6.85. The zero-order chi connectivity index (χ0) is 15.1. The van der Waals surface area contributed by atoms with Gasteiger partial charge in [-0.05, 0) is 26.7 Å². The number of likely N-dealkylation sites (tertiary alicyclic amines) is 1. The molecule has 0 aliphatic carbocycles. The molecule has 0 atom stereocenters. The summed E-state index contributed by atoms with van der Waals surface area (Å²) in [5.74, 6) is -1.51. The smallest absolute Gasteiger partial charge is 0.317 e. The van der Waals surface area contributed by atoms with Crippen molar-refractivity contribution >= 4 is 18.0 Å². The first kappa shape index (κ1) is 16.3. The summed E-state index contributed by atoms with van der Waals surface area (Å²) in [5, 5.41) is 11.5. The van der Waals surface area contributed by atoms with E-state index in [0.717, 1.165) is 0 Å². The lowest BCUT2D eigenvalue weighted by molar-refractivity contribution is -0.147. The second-order valence-corrected chi connectivity index (χ2v) is 5.12. The number of piperidine rings is 1. The Labute approximate surface area is 118 Å². The van der Waals surface area contributed by atoms with E-state index in [2.05, 4.69) is 5.32 Å². The minimum absolute atomic E-state index is 0.134. The molecule has 0 unspecified atom stereocenters. The minimum Gasteiger partial charge on any atom is -0.481 e. The monoisotopic (exact) mass is 286 g/mol. The second-order valence-electron chi connectivity index (χ2n) is 5.12. The average molecular weight is 286 g/mol. The number of rotatable bonds is 5. The maximum Gasteiger partial charge on any atom is 0.317 e. The lowest BCUT2D eigenvalue weighted by Gasteiger charge is -2.30. The third-order valence-electron chi connectivity index (χ3n) is 3.10. The van der Waals surface area contributed by atoms with Crippen LogP contribution in [0.5, 0.6) is 0 Å². The number of urea groups is 1. The Bertz CT molecular complexity index is 362. The summed E-state index contributed by atoms with van der Waals surface area (Å²) in [4.78, 5) is 35.4. The van der Waals surface area contributed by atoms with E-state index in [1.807, 2.05) is 0 Å². The van der Waals surface area contributed by atoms with Gasteiger partial charge in [-0.15, -0.1) is 0 Å². The third kappa shape index (κ3) is 5.46. The molecule has 0 aromatic carbocycles. The van der Waals surface area contributed by atoms with Gasteiger partial charge in [-0.25, -0.2) is 4.79 Å². The van der Waals surface area contributed by atoms with E-state index in [1.165, 1.54) is 0 Å². The largest absolute Gasteiger partial charge is 0.481 e. The molecule has 1 fully saturated rings. The number of carboxylic acid groups (broad SMARTS) is 1. The standard InChI is InChI=1S/C13H22N2O5/c1-9(2)20-11(16)3-6-14-13(19)15-7-4-10(5-8-15)12(17)18/h9-10H,3-8H2,1-2H3,(H,14,19)(H,17,18). The van der Waals surface area contributed by atoms with E-state index in [0.29, 0.717) is 25.9 Å². The molecule has 114 valence electrons. The summed E-state index contributed by atoms with van der Waals surface area (Å²) >= 11 is 0. The van der Waals surface area contributed by atoms with E-state index < -0.39 is 5.97 Å². The fraction of sp³-hybridized carbons (Fsp3) is 0.769. The minimum atomic E-state index is -0.804. The number of esters is 1. The van der Waals surface area contributed by atoms with Gasteiger partial charge < -0.3 is 20.1 Å². The van der Waals surface area contributed by atoms with Crippen LogP contribution in [0.2, 0.25) is 0 Å². The fourth-order valence-electron chi connectivity index (χ4n) is 2.03. The molecule has 0 aromatic rings. The van der Waals surface area contributed by atoms with Gasteiger partial charge in [0.1, 0.15) is 0 Å². The number of aliphatic carboxylic acids is 1. The van der Waals surface area contributed by atoms with E-state index >= 15 is 0 Å². The van der Waals surface area contributed by atoms with Crippen molar-refractivity contribution in [1.82, 2.24) is 10.2 Å². The number of carbonyl (C=O) groups is 3. The Kier molecular flexibility index (Phi) is 6.27. The molecule has 1 aliphatic heterocycles. The number of nitrogens with one attached hydrogen (secondary N) is 1. The van der Waals surface area contributed by atoms with Crippen LogP contribution in [0.15, 0.2) is 0 Å². The Morgan fingerprint density at radius 3 is 2.40 bits per heavy atom. The van der Waals surface area contributed by atoms with E-state index in [9.17, 15) is 14.4 Å². The van der Waals surface area contributed by atoms with Crippen LogP contribution >= 0.6 is 0 Å². The molecular formula is C13H22N2O5. The Hall–Kier alpha value is -1.79. The molecular weight excluding hydrogens is 264 g/mol. The molecule has 7 heteroatoms. The van der Waals surface area contributed by atoms with Crippen molar-refractivity contribution < 1.29 is 24.2 Å². The fourth-order valence-corrected chi connectivity index (χ4v) is 2.03. The highest BCUT2D eigenvalue weighted by Crippen LogP contribution is 2.17. The van der Waals surface area contributed by atoms with Gasteiger partial charge in [-0.3, -0.25) is 9.59 Å². The van der Waals surface area contributed by atoms with Crippen LogP contribution < -0.4 is 5.32 Å². The maximum absolute atomic E-state index is 11.8. The summed E-state index contributed by atoms with van der Waals surface area (Å²) in [7, 11) is 0. The third-order valence-corrected chi connectivity index (χ3v) is 3.10. The number of carbonyl (C=O) groups excluding carboxylic acids is 2. The summed E-state index contributed by atoms with van der Waals surface area (Å²) < 4.78 is 4.95.